The van der Waals surface area contributed by atoms with Crippen LogP contribution in [0.25, 0.3) is 0 Å². The topological polar surface area (TPSA) is 49.3 Å². The van der Waals surface area contributed by atoms with Gasteiger partial charge in [-0.25, -0.2) is 0 Å². The van der Waals surface area contributed by atoms with Gasteiger partial charge in [-0.1, -0.05) is 30.3 Å². The molecule has 2 unspecified atom stereocenters. The first-order chi connectivity index (χ1) is 7.72. The molecular formula is C13H15NO2. The van der Waals surface area contributed by atoms with Crippen molar-refractivity contribution in [3.05, 3.63) is 48.0 Å². The van der Waals surface area contributed by atoms with Gasteiger partial charge in [-0.3, -0.25) is 4.79 Å². The number of amides is 1. The molecule has 3 nitrogen and oxygen atoms in total. The summed E-state index contributed by atoms with van der Waals surface area (Å²) in [5, 5.41) is 12.7. The van der Waals surface area contributed by atoms with Crippen LogP contribution >= 0.6 is 0 Å². The number of aliphatic hydroxyl groups is 1. The molecule has 0 aliphatic heterocycles. The molecular weight excluding hydrogens is 202 g/mol. The standard InChI is InChI=1S/C13H15NO2/c1-2-5-12(16)14-13-10-7-4-3-6-9(10)8-11(13)15/h2-4,6-7,11,13,15H,1,5,8H2,(H,14,16). The molecule has 0 spiro atoms. The fourth-order valence-electron chi connectivity index (χ4n) is 2.11. The summed E-state index contributed by atoms with van der Waals surface area (Å²) >= 11 is 0. The summed E-state index contributed by atoms with van der Waals surface area (Å²) in [6.07, 6.45) is 1.93. The van der Waals surface area contributed by atoms with Crippen molar-refractivity contribution in [2.75, 3.05) is 0 Å². The number of nitrogens with one attached hydrogen (secondary N) is 1. The van der Waals surface area contributed by atoms with Gasteiger partial charge in [0.15, 0.2) is 0 Å². The first-order valence-electron chi connectivity index (χ1n) is 5.38. The Morgan fingerprint density at radius 3 is 3.06 bits per heavy atom. The molecule has 16 heavy (non-hydrogen) atoms. The van der Waals surface area contributed by atoms with Crippen molar-refractivity contribution in [1.82, 2.24) is 5.32 Å². The smallest absolute Gasteiger partial charge is 0.224 e. The lowest BCUT2D eigenvalue weighted by Gasteiger charge is -2.17. The van der Waals surface area contributed by atoms with Crippen molar-refractivity contribution in [1.29, 1.82) is 0 Å². The van der Waals surface area contributed by atoms with Crippen LogP contribution in [0.4, 0.5) is 0 Å². The van der Waals surface area contributed by atoms with Gasteiger partial charge in [0.25, 0.3) is 0 Å². The van der Waals surface area contributed by atoms with Gasteiger partial charge in [-0.05, 0) is 11.1 Å². The maximum atomic E-state index is 11.5. The van der Waals surface area contributed by atoms with Crippen molar-refractivity contribution >= 4 is 5.91 Å². The number of carbonyl (C=O) groups excluding carboxylic acids is 1. The third-order valence-corrected chi connectivity index (χ3v) is 2.85. The van der Waals surface area contributed by atoms with Gasteiger partial charge < -0.3 is 10.4 Å². The molecule has 0 saturated carbocycles. The number of carbonyl (C=O) groups is 1. The molecule has 0 saturated heterocycles. The molecule has 2 atom stereocenters. The molecule has 3 heteroatoms. The molecule has 84 valence electrons. The second kappa shape index (κ2) is 4.49. The van der Waals surface area contributed by atoms with E-state index in [1.54, 1.807) is 6.08 Å². The van der Waals surface area contributed by atoms with E-state index in [0.717, 1.165) is 11.1 Å². The predicted molar refractivity (Wildman–Crippen MR) is 61.9 cm³/mol. The number of rotatable bonds is 3. The Kier molecular flexibility index (Phi) is 3.06. The number of hydrogen-bond acceptors (Lipinski definition) is 2. The highest BCUT2D eigenvalue weighted by atomic mass is 16.3. The molecule has 2 N–H and O–H groups in total. The zero-order chi connectivity index (χ0) is 11.5. The fourth-order valence-corrected chi connectivity index (χ4v) is 2.11. The summed E-state index contributed by atoms with van der Waals surface area (Å²) in [4.78, 5) is 11.5. The second-order valence-electron chi connectivity index (χ2n) is 4.01. The van der Waals surface area contributed by atoms with Gasteiger partial charge in [0.2, 0.25) is 5.91 Å². The van der Waals surface area contributed by atoms with E-state index in [-0.39, 0.29) is 18.4 Å². The lowest BCUT2D eigenvalue weighted by molar-refractivity contribution is -0.121. The third-order valence-electron chi connectivity index (χ3n) is 2.85. The van der Waals surface area contributed by atoms with Crippen LogP contribution in [-0.2, 0) is 11.2 Å². The lowest BCUT2D eigenvalue weighted by atomic mass is 10.1. The Morgan fingerprint density at radius 2 is 2.31 bits per heavy atom. The van der Waals surface area contributed by atoms with Crippen LogP contribution in [0.2, 0.25) is 0 Å². The molecule has 2 rings (SSSR count). The Morgan fingerprint density at radius 1 is 1.56 bits per heavy atom. The molecule has 1 aromatic carbocycles. The van der Waals surface area contributed by atoms with Crippen molar-refractivity contribution < 1.29 is 9.90 Å². The third kappa shape index (κ3) is 1.99. The first-order valence-corrected chi connectivity index (χ1v) is 5.38. The summed E-state index contributed by atoms with van der Waals surface area (Å²) in [6, 6.07) is 7.52. The van der Waals surface area contributed by atoms with Gasteiger partial charge >= 0.3 is 0 Å². The van der Waals surface area contributed by atoms with E-state index < -0.39 is 6.10 Å². The second-order valence-corrected chi connectivity index (χ2v) is 4.01. The summed E-state index contributed by atoms with van der Waals surface area (Å²) in [7, 11) is 0. The predicted octanol–water partition coefficient (Wildman–Crippen LogP) is 1.34. The van der Waals surface area contributed by atoms with Crippen molar-refractivity contribution in [3.8, 4) is 0 Å². The number of fused-ring (bicyclic) bond motifs is 1. The van der Waals surface area contributed by atoms with Crippen LogP contribution in [0.15, 0.2) is 36.9 Å². The highest BCUT2D eigenvalue weighted by Crippen LogP contribution is 2.31. The molecule has 1 aliphatic rings. The van der Waals surface area contributed by atoms with Crippen LogP contribution in [0.5, 0.6) is 0 Å². The average molecular weight is 217 g/mol. The minimum atomic E-state index is -0.522. The Hall–Kier alpha value is -1.61. The molecule has 1 aromatic rings. The Labute approximate surface area is 94.8 Å². The molecule has 1 aliphatic carbocycles. The molecule has 0 aromatic heterocycles. The van der Waals surface area contributed by atoms with E-state index in [0.29, 0.717) is 6.42 Å². The molecule has 1 amide bonds. The number of aliphatic hydroxyl groups excluding tert-OH is 1. The van der Waals surface area contributed by atoms with Crippen LogP contribution in [-0.4, -0.2) is 17.1 Å². The molecule has 0 fully saturated rings. The minimum absolute atomic E-state index is 0.101. The first kappa shape index (κ1) is 10.9. The van der Waals surface area contributed by atoms with E-state index in [4.69, 9.17) is 0 Å². The number of hydrogen-bond donors (Lipinski definition) is 2. The van der Waals surface area contributed by atoms with Crippen LogP contribution in [0.1, 0.15) is 23.6 Å². The van der Waals surface area contributed by atoms with Gasteiger partial charge in [-0.15, -0.1) is 6.58 Å². The fraction of sp³-hybridized carbons (Fsp3) is 0.308. The zero-order valence-corrected chi connectivity index (χ0v) is 9.02. The van der Waals surface area contributed by atoms with E-state index >= 15 is 0 Å². The van der Waals surface area contributed by atoms with E-state index in [2.05, 4.69) is 11.9 Å². The molecule has 0 heterocycles. The maximum Gasteiger partial charge on any atom is 0.224 e. The van der Waals surface area contributed by atoms with Crippen LogP contribution < -0.4 is 5.32 Å². The average Bonchev–Trinajstić information content (AvgIpc) is 2.56. The highest BCUT2D eigenvalue weighted by Gasteiger charge is 2.31. The lowest BCUT2D eigenvalue weighted by Crippen LogP contribution is -2.33. The number of benzene rings is 1. The van der Waals surface area contributed by atoms with E-state index in [1.807, 2.05) is 24.3 Å². The van der Waals surface area contributed by atoms with Gasteiger partial charge in [0.1, 0.15) is 0 Å². The summed E-state index contributed by atoms with van der Waals surface area (Å²) < 4.78 is 0. The van der Waals surface area contributed by atoms with E-state index in [1.165, 1.54) is 0 Å². The van der Waals surface area contributed by atoms with E-state index in [9.17, 15) is 9.90 Å². The monoisotopic (exact) mass is 217 g/mol. The van der Waals surface area contributed by atoms with Crippen LogP contribution in [0.3, 0.4) is 0 Å². The van der Waals surface area contributed by atoms with Gasteiger partial charge in [0, 0.05) is 12.8 Å². The summed E-state index contributed by atoms with van der Waals surface area (Å²) in [5.41, 5.74) is 2.13. The largest absolute Gasteiger partial charge is 0.390 e. The maximum absolute atomic E-state index is 11.5. The molecule has 0 bridgehead atoms. The summed E-state index contributed by atoms with van der Waals surface area (Å²) in [5.74, 6) is -0.101. The quantitative estimate of drug-likeness (QED) is 0.750. The van der Waals surface area contributed by atoms with Gasteiger partial charge in [0.05, 0.1) is 12.1 Å². The van der Waals surface area contributed by atoms with Crippen molar-refractivity contribution in [3.63, 3.8) is 0 Å². The zero-order valence-electron chi connectivity index (χ0n) is 9.02. The SMILES string of the molecule is C=CCC(=O)NC1c2ccccc2CC1O. The van der Waals surface area contributed by atoms with Crippen LogP contribution in [0, 0.1) is 0 Å². The minimum Gasteiger partial charge on any atom is -0.390 e. The van der Waals surface area contributed by atoms with Crippen molar-refractivity contribution in [2.24, 2.45) is 0 Å². The normalized spacial score (nSPS) is 22.6. The van der Waals surface area contributed by atoms with Gasteiger partial charge in [-0.2, -0.15) is 0 Å². The highest BCUT2D eigenvalue weighted by molar-refractivity contribution is 5.78. The van der Waals surface area contributed by atoms with Crippen molar-refractivity contribution in [2.45, 2.75) is 25.0 Å². The summed E-state index contributed by atoms with van der Waals surface area (Å²) in [6.45, 7) is 3.52. The Balaban J connectivity index is 2.16. The Bertz CT molecular complexity index is 414. The molecule has 0 radical (unpaired) electrons.